The Morgan fingerprint density at radius 1 is 1.39 bits per heavy atom. The van der Waals surface area contributed by atoms with Gasteiger partial charge >= 0.3 is 0 Å². The summed E-state index contributed by atoms with van der Waals surface area (Å²) in [5, 5.41) is 10.1. The third-order valence-corrected chi connectivity index (χ3v) is 5.19. The summed E-state index contributed by atoms with van der Waals surface area (Å²) in [5.74, 6) is 0.0896. The Morgan fingerprint density at radius 3 is 2.83 bits per heavy atom. The molecular formula is C16H23N3O3S. The molecule has 1 aromatic heterocycles. The minimum Gasteiger partial charge on any atom is -0.375 e. The van der Waals surface area contributed by atoms with Crippen molar-refractivity contribution >= 4 is 23.2 Å². The molecule has 0 saturated carbocycles. The molecule has 0 aromatic carbocycles. The first-order valence-electron chi connectivity index (χ1n) is 8.12. The number of hydrogen-bond donors (Lipinski definition) is 2. The van der Waals surface area contributed by atoms with E-state index in [1.54, 1.807) is 0 Å². The average Bonchev–Trinajstić information content (AvgIpc) is 3.10. The number of ether oxygens (including phenoxy) is 1. The largest absolute Gasteiger partial charge is 0.375 e. The van der Waals surface area contributed by atoms with E-state index in [4.69, 9.17) is 4.74 Å². The summed E-state index contributed by atoms with van der Waals surface area (Å²) in [7, 11) is 0. The van der Waals surface area contributed by atoms with Gasteiger partial charge in [-0.05, 0) is 31.2 Å². The monoisotopic (exact) mass is 337 g/mol. The lowest BCUT2D eigenvalue weighted by atomic mass is 10.0. The van der Waals surface area contributed by atoms with Crippen LogP contribution < -0.4 is 10.6 Å². The molecule has 0 spiro atoms. The second kappa shape index (κ2) is 7.42. The molecule has 6 nitrogen and oxygen atoms in total. The highest BCUT2D eigenvalue weighted by atomic mass is 32.1. The van der Waals surface area contributed by atoms with Crippen molar-refractivity contribution in [3.05, 3.63) is 22.4 Å². The maximum Gasteiger partial charge on any atom is 0.252 e. The number of amides is 2. The maximum atomic E-state index is 12.6. The molecule has 2 aliphatic rings. The third-order valence-electron chi connectivity index (χ3n) is 4.51. The fraction of sp³-hybridized carbons (Fsp3) is 0.625. The lowest BCUT2D eigenvalue weighted by Crippen LogP contribution is -2.58. The van der Waals surface area contributed by atoms with Gasteiger partial charge in [0.2, 0.25) is 5.91 Å². The molecule has 3 heterocycles. The molecule has 2 N–H and O–H groups in total. The van der Waals surface area contributed by atoms with Gasteiger partial charge in [0.15, 0.2) is 0 Å². The minimum atomic E-state index is -0.249. The summed E-state index contributed by atoms with van der Waals surface area (Å²) in [4.78, 5) is 26.5. The van der Waals surface area contributed by atoms with Gasteiger partial charge in [0.05, 0.1) is 12.7 Å². The Kier molecular flexibility index (Phi) is 5.30. The van der Waals surface area contributed by atoms with Crippen molar-refractivity contribution in [1.82, 2.24) is 15.5 Å². The van der Waals surface area contributed by atoms with Gasteiger partial charge in [-0.2, -0.15) is 11.3 Å². The maximum absolute atomic E-state index is 12.6. The fourth-order valence-corrected chi connectivity index (χ4v) is 3.75. The van der Waals surface area contributed by atoms with E-state index in [1.165, 1.54) is 11.3 Å². The van der Waals surface area contributed by atoms with Crippen LogP contribution in [0.5, 0.6) is 0 Å². The average molecular weight is 337 g/mol. The van der Waals surface area contributed by atoms with Crippen LogP contribution in [0, 0.1) is 0 Å². The Balaban J connectivity index is 1.48. The number of likely N-dealkylation sites (tertiary alicyclic amines) is 1. The second-order valence-corrected chi connectivity index (χ2v) is 6.87. The van der Waals surface area contributed by atoms with E-state index >= 15 is 0 Å². The molecule has 3 rings (SSSR count). The van der Waals surface area contributed by atoms with E-state index in [0.717, 1.165) is 12.8 Å². The van der Waals surface area contributed by atoms with E-state index < -0.39 is 0 Å². The van der Waals surface area contributed by atoms with Crippen LogP contribution in [-0.4, -0.2) is 61.1 Å². The lowest BCUT2D eigenvalue weighted by molar-refractivity contribution is -0.140. The molecule has 2 atom stereocenters. The number of hydrogen-bond acceptors (Lipinski definition) is 5. The number of nitrogens with zero attached hydrogens (tertiary/aromatic N) is 1. The van der Waals surface area contributed by atoms with Crippen molar-refractivity contribution in [2.75, 3.05) is 26.2 Å². The molecular weight excluding hydrogens is 314 g/mol. The highest BCUT2D eigenvalue weighted by molar-refractivity contribution is 7.08. The third kappa shape index (κ3) is 3.91. The first-order chi connectivity index (χ1) is 11.1. The van der Waals surface area contributed by atoms with Crippen molar-refractivity contribution in [2.24, 2.45) is 0 Å². The first-order valence-corrected chi connectivity index (χ1v) is 9.06. The molecule has 23 heavy (non-hydrogen) atoms. The van der Waals surface area contributed by atoms with Crippen LogP contribution in [0.3, 0.4) is 0 Å². The molecule has 126 valence electrons. The molecule has 7 heteroatoms. The predicted octanol–water partition coefficient (Wildman–Crippen LogP) is 0.846. The SMILES string of the molecule is C[C@H]1OCCN[C@@H]1C(=O)N1CCC(NC(=O)c2ccsc2)CC1. The smallest absolute Gasteiger partial charge is 0.252 e. The zero-order chi connectivity index (χ0) is 16.2. The summed E-state index contributed by atoms with van der Waals surface area (Å²) < 4.78 is 5.55. The quantitative estimate of drug-likeness (QED) is 0.858. The fourth-order valence-electron chi connectivity index (χ4n) is 3.11. The number of thiophene rings is 1. The van der Waals surface area contributed by atoms with Crippen LogP contribution in [0.4, 0.5) is 0 Å². The van der Waals surface area contributed by atoms with Crippen LogP contribution >= 0.6 is 11.3 Å². The highest BCUT2D eigenvalue weighted by Gasteiger charge is 2.33. The Labute approximate surface area is 140 Å². The molecule has 1 aromatic rings. The Hall–Kier alpha value is -1.44. The molecule has 2 amide bonds. The van der Waals surface area contributed by atoms with Gasteiger partial charge in [-0.1, -0.05) is 0 Å². The molecule has 2 fully saturated rings. The van der Waals surface area contributed by atoms with Crippen LogP contribution in [-0.2, 0) is 9.53 Å². The molecule has 0 radical (unpaired) electrons. The number of nitrogens with one attached hydrogen (secondary N) is 2. The lowest BCUT2D eigenvalue weighted by Gasteiger charge is -2.37. The number of carbonyl (C=O) groups is 2. The molecule has 2 aliphatic heterocycles. The zero-order valence-electron chi connectivity index (χ0n) is 13.3. The summed E-state index contributed by atoms with van der Waals surface area (Å²) in [6, 6.07) is 1.72. The Morgan fingerprint density at radius 2 is 2.17 bits per heavy atom. The summed E-state index contributed by atoms with van der Waals surface area (Å²) in [5.41, 5.74) is 0.714. The van der Waals surface area contributed by atoms with Crippen molar-refractivity contribution in [1.29, 1.82) is 0 Å². The molecule has 0 unspecified atom stereocenters. The van der Waals surface area contributed by atoms with Gasteiger partial charge in [0, 0.05) is 36.6 Å². The van der Waals surface area contributed by atoms with E-state index in [1.807, 2.05) is 28.7 Å². The predicted molar refractivity (Wildman–Crippen MR) is 88.6 cm³/mol. The van der Waals surface area contributed by atoms with Gasteiger partial charge in [-0.25, -0.2) is 0 Å². The minimum absolute atomic E-state index is 0.0213. The van der Waals surface area contributed by atoms with Crippen LogP contribution in [0.2, 0.25) is 0 Å². The summed E-state index contributed by atoms with van der Waals surface area (Å²) in [6.45, 7) is 4.66. The van der Waals surface area contributed by atoms with Crippen molar-refractivity contribution in [2.45, 2.75) is 38.0 Å². The van der Waals surface area contributed by atoms with Gasteiger partial charge in [-0.15, -0.1) is 0 Å². The standard InChI is InChI=1S/C16H23N3O3S/c1-11-14(17-5-8-22-11)16(21)19-6-2-13(3-7-19)18-15(20)12-4-9-23-10-12/h4,9-11,13-14,17H,2-3,5-8H2,1H3,(H,18,20)/t11-,14+/m1/s1. The second-order valence-electron chi connectivity index (χ2n) is 6.09. The topological polar surface area (TPSA) is 70.7 Å². The van der Waals surface area contributed by atoms with Crippen molar-refractivity contribution in [3.8, 4) is 0 Å². The number of piperidine rings is 1. The van der Waals surface area contributed by atoms with Crippen molar-refractivity contribution < 1.29 is 14.3 Å². The first kappa shape index (κ1) is 16.4. The van der Waals surface area contributed by atoms with E-state index in [0.29, 0.717) is 31.8 Å². The van der Waals surface area contributed by atoms with E-state index in [2.05, 4.69) is 10.6 Å². The summed E-state index contributed by atoms with van der Waals surface area (Å²) in [6.07, 6.45) is 1.50. The Bertz CT molecular complexity index is 541. The number of carbonyl (C=O) groups excluding carboxylic acids is 2. The molecule has 2 saturated heterocycles. The van der Waals surface area contributed by atoms with Crippen LogP contribution in [0.15, 0.2) is 16.8 Å². The number of morpholine rings is 1. The van der Waals surface area contributed by atoms with Crippen LogP contribution in [0.25, 0.3) is 0 Å². The van der Waals surface area contributed by atoms with Gasteiger partial charge in [0.25, 0.3) is 5.91 Å². The van der Waals surface area contributed by atoms with Gasteiger partial charge in [0.1, 0.15) is 6.04 Å². The highest BCUT2D eigenvalue weighted by Crippen LogP contribution is 2.15. The summed E-state index contributed by atoms with van der Waals surface area (Å²) >= 11 is 1.52. The normalized spacial score (nSPS) is 26.0. The molecule has 0 aliphatic carbocycles. The van der Waals surface area contributed by atoms with Gasteiger partial charge < -0.3 is 20.3 Å². The van der Waals surface area contributed by atoms with Crippen molar-refractivity contribution in [3.63, 3.8) is 0 Å². The van der Waals surface area contributed by atoms with Gasteiger partial charge in [-0.3, -0.25) is 9.59 Å². The number of rotatable bonds is 3. The molecule has 0 bridgehead atoms. The zero-order valence-corrected chi connectivity index (χ0v) is 14.1. The van der Waals surface area contributed by atoms with E-state index in [9.17, 15) is 9.59 Å². The van der Waals surface area contributed by atoms with Crippen LogP contribution in [0.1, 0.15) is 30.1 Å². The van der Waals surface area contributed by atoms with E-state index in [-0.39, 0.29) is 30.0 Å².